The summed E-state index contributed by atoms with van der Waals surface area (Å²) in [7, 11) is 0. The summed E-state index contributed by atoms with van der Waals surface area (Å²) in [5, 5.41) is 0. The quantitative estimate of drug-likeness (QED) is 0.548. The van der Waals surface area contributed by atoms with E-state index in [1.165, 1.54) is 0 Å². The van der Waals surface area contributed by atoms with Gasteiger partial charge in [-0.25, -0.2) is 0 Å². The molecule has 0 aromatic heterocycles. The van der Waals surface area contributed by atoms with Crippen LogP contribution in [0, 0.1) is 0 Å². The molecule has 0 aliphatic heterocycles. The zero-order valence-electron chi connectivity index (χ0n) is 16.2. The van der Waals surface area contributed by atoms with E-state index in [4.69, 9.17) is 10.5 Å². The van der Waals surface area contributed by atoms with Crippen LogP contribution in [-0.2, 0) is 4.79 Å². The smallest absolute Gasteiger partial charge is 0.269 e. The van der Waals surface area contributed by atoms with Crippen molar-refractivity contribution in [2.75, 3.05) is 24.6 Å². The normalized spacial score (nSPS) is 10.1. The molecule has 0 saturated heterocycles. The van der Waals surface area contributed by atoms with Gasteiger partial charge in [-0.05, 0) is 67.9 Å². The predicted octanol–water partition coefficient (Wildman–Crippen LogP) is 2.30. The molecule has 0 unspecified atom stereocenters. The van der Waals surface area contributed by atoms with E-state index in [-0.39, 0.29) is 12.5 Å². The van der Waals surface area contributed by atoms with Gasteiger partial charge < -0.3 is 15.4 Å². The molecule has 0 saturated carbocycles. The van der Waals surface area contributed by atoms with Crippen molar-refractivity contribution in [2.24, 2.45) is 5.73 Å². The highest BCUT2D eigenvalue weighted by Gasteiger charge is 2.08. The fourth-order valence-electron chi connectivity index (χ4n) is 2.60. The van der Waals surface area contributed by atoms with E-state index in [1.54, 1.807) is 36.4 Å². The monoisotopic (exact) mass is 382 g/mol. The van der Waals surface area contributed by atoms with Gasteiger partial charge in [0.15, 0.2) is 6.61 Å². The molecule has 2 aromatic rings. The molecule has 0 aliphatic rings. The van der Waals surface area contributed by atoms with Gasteiger partial charge in [-0.15, -0.1) is 0 Å². The highest BCUT2D eigenvalue weighted by atomic mass is 16.5. The molecular formula is C21H26N4O3. The number of nitrogens with one attached hydrogen (secondary N) is 2. The lowest BCUT2D eigenvalue weighted by Gasteiger charge is -2.21. The minimum Gasteiger partial charge on any atom is -0.484 e. The number of anilines is 1. The number of hydrazine groups is 1. The summed E-state index contributed by atoms with van der Waals surface area (Å²) in [4.78, 5) is 25.2. The molecule has 0 aliphatic carbocycles. The average molecular weight is 382 g/mol. The number of carbonyl (C=O) groups is 2. The van der Waals surface area contributed by atoms with Gasteiger partial charge in [0.05, 0.1) is 5.70 Å². The Morgan fingerprint density at radius 3 is 2.07 bits per heavy atom. The third kappa shape index (κ3) is 5.77. The van der Waals surface area contributed by atoms with E-state index < -0.39 is 5.91 Å². The van der Waals surface area contributed by atoms with E-state index in [1.807, 2.05) is 12.1 Å². The van der Waals surface area contributed by atoms with Crippen molar-refractivity contribution in [3.63, 3.8) is 0 Å². The molecule has 0 atom stereocenters. The zero-order chi connectivity index (χ0) is 20.5. The summed E-state index contributed by atoms with van der Waals surface area (Å²) < 4.78 is 5.20. The molecule has 0 radical (unpaired) electrons. The first-order valence-corrected chi connectivity index (χ1v) is 9.06. The van der Waals surface area contributed by atoms with Crippen LogP contribution >= 0.6 is 0 Å². The highest BCUT2D eigenvalue weighted by molar-refractivity contribution is 5.94. The van der Waals surface area contributed by atoms with Crippen LogP contribution in [0.4, 0.5) is 5.69 Å². The molecule has 0 fully saturated rings. The molecule has 7 heteroatoms. The van der Waals surface area contributed by atoms with Crippen LogP contribution in [0.25, 0.3) is 5.70 Å². The molecule has 2 rings (SSSR count). The number of ether oxygens (including phenoxy) is 1. The number of amides is 2. The first kappa shape index (κ1) is 20.8. The third-order valence-electron chi connectivity index (χ3n) is 4.17. The maximum Gasteiger partial charge on any atom is 0.269 e. The number of nitrogens with zero attached hydrogens (tertiary/aromatic N) is 1. The maximum atomic E-state index is 12.3. The van der Waals surface area contributed by atoms with Gasteiger partial charge in [-0.2, -0.15) is 0 Å². The number of benzene rings is 2. The lowest BCUT2D eigenvalue weighted by Crippen LogP contribution is -2.35. The van der Waals surface area contributed by atoms with Crippen molar-refractivity contribution in [1.29, 1.82) is 0 Å². The minimum absolute atomic E-state index is 0.179. The molecule has 0 bridgehead atoms. The minimum atomic E-state index is -0.539. The number of hydrogen-bond acceptors (Lipinski definition) is 5. The number of primary amides is 1. The second-order valence-corrected chi connectivity index (χ2v) is 6.06. The molecule has 148 valence electrons. The maximum absolute atomic E-state index is 12.3. The molecule has 0 spiro atoms. The van der Waals surface area contributed by atoms with Gasteiger partial charge in [0, 0.05) is 24.3 Å². The molecule has 2 amide bonds. The second kappa shape index (κ2) is 10.0. The van der Waals surface area contributed by atoms with Crippen LogP contribution in [-0.4, -0.2) is 31.5 Å². The first-order valence-electron chi connectivity index (χ1n) is 9.06. The molecule has 28 heavy (non-hydrogen) atoms. The van der Waals surface area contributed by atoms with E-state index in [2.05, 4.69) is 36.2 Å². The van der Waals surface area contributed by atoms with Crippen molar-refractivity contribution >= 4 is 23.2 Å². The predicted molar refractivity (Wildman–Crippen MR) is 111 cm³/mol. The summed E-state index contributed by atoms with van der Waals surface area (Å²) in [5.74, 6) is -0.274. The Bertz CT molecular complexity index is 813. The van der Waals surface area contributed by atoms with Crippen LogP contribution in [0.3, 0.4) is 0 Å². The van der Waals surface area contributed by atoms with Gasteiger partial charge in [0.2, 0.25) is 0 Å². The number of carbonyl (C=O) groups excluding carboxylic acids is 2. The van der Waals surface area contributed by atoms with E-state index in [0.29, 0.717) is 17.0 Å². The Balaban J connectivity index is 1.89. The van der Waals surface area contributed by atoms with Gasteiger partial charge in [-0.3, -0.25) is 20.4 Å². The fourth-order valence-corrected chi connectivity index (χ4v) is 2.60. The van der Waals surface area contributed by atoms with Crippen molar-refractivity contribution in [3.8, 4) is 5.75 Å². The SMILES string of the molecule is C=C(NNC(=O)c1ccc(N(CC)CC)cc1)c1ccc(OCC(N)=O)cc1. The van der Waals surface area contributed by atoms with E-state index >= 15 is 0 Å². The average Bonchev–Trinajstić information content (AvgIpc) is 2.72. The fraction of sp³-hybridized carbons (Fsp3) is 0.238. The van der Waals surface area contributed by atoms with Crippen LogP contribution < -0.4 is 26.2 Å². The molecule has 0 heterocycles. The second-order valence-electron chi connectivity index (χ2n) is 6.06. The van der Waals surface area contributed by atoms with Crippen LogP contribution in [0.2, 0.25) is 0 Å². The highest BCUT2D eigenvalue weighted by Crippen LogP contribution is 2.17. The Labute approximate surface area is 165 Å². The summed E-state index contributed by atoms with van der Waals surface area (Å²) in [6.45, 7) is 9.74. The van der Waals surface area contributed by atoms with E-state index in [9.17, 15) is 9.59 Å². The summed E-state index contributed by atoms with van der Waals surface area (Å²) in [6.07, 6.45) is 0. The van der Waals surface area contributed by atoms with Crippen LogP contribution in [0.5, 0.6) is 5.75 Å². The first-order chi connectivity index (χ1) is 13.4. The van der Waals surface area contributed by atoms with Gasteiger partial charge in [-0.1, -0.05) is 6.58 Å². The van der Waals surface area contributed by atoms with Crippen LogP contribution in [0.1, 0.15) is 29.8 Å². The Morgan fingerprint density at radius 1 is 0.964 bits per heavy atom. The van der Waals surface area contributed by atoms with Crippen molar-refractivity contribution in [2.45, 2.75) is 13.8 Å². The number of nitrogens with two attached hydrogens (primary N) is 1. The topological polar surface area (TPSA) is 96.7 Å². The zero-order valence-corrected chi connectivity index (χ0v) is 16.2. The lowest BCUT2D eigenvalue weighted by molar-refractivity contribution is -0.119. The summed E-state index contributed by atoms with van der Waals surface area (Å²) in [5.41, 5.74) is 13.4. The lowest BCUT2D eigenvalue weighted by atomic mass is 10.1. The Hall–Kier alpha value is -3.48. The van der Waals surface area contributed by atoms with Crippen molar-refractivity contribution < 1.29 is 14.3 Å². The Morgan fingerprint density at radius 2 is 1.54 bits per heavy atom. The number of rotatable bonds is 10. The molecular weight excluding hydrogens is 356 g/mol. The number of hydrogen-bond donors (Lipinski definition) is 3. The largest absolute Gasteiger partial charge is 0.484 e. The van der Waals surface area contributed by atoms with Crippen molar-refractivity contribution in [3.05, 3.63) is 66.2 Å². The third-order valence-corrected chi connectivity index (χ3v) is 4.17. The summed E-state index contributed by atoms with van der Waals surface area (Å²) >= 11 is 0. The summed E-state index contributed by atoms with van der Waals surface area (Å²) in [6, 6.07) is 14.4. The molecule has 2 aromatic carbocycles. The van der Waals surface area contributed by atoms with Crippen LogP contribution in [0.15, 0.2) is 55.1 Å². The molecule has 4 N–H and O–H groups in total. The van der Waals surface area contributed by atoms with Gasteiger partial charge in [0.25, 0.3) is 11.8 Å². The Kier molecular flexibility index (Phi) is 7.45. The van der Waals surface area contributed by atoms with Gasteiger partial charge >= 0.3 is 0 Å². The van der Waals surface area contributed by atoms with Crippen molar-refractivity contribution in [1.82, 2.24) is 10.9 Å². The standard InChI is InChI=1S/C21H26N4O3/c1-4-25(5-2)18-10-6-17(7-11-18)21(27)24-23-15(3)16-8-12-19(13-9-16)28-14-20(22)26/h6-13,23H,3-5,14H2,1-2H3,(H2,22,26)(H,24,27). The van der Waals surface area contributed by atoms with Gasteiger partial charge in [0.1, 0.15) is 5.75 Å². The van der Waals surface area contributed by atoms with E-state index in [0.717, 1.165) is 24.3 Å². The molecule has 7 nitrogen and oxygen atoms in total.